The maximum atomic E-state index is 6.71. The predicted octanol–water partition coefficient (Wildman–Crippen LogP) is 4.51. The minimum absolute atomic E-state index is 0.870. The van der Waals surface area contributed by atoms with Gasteiger partial charge in [0.2, 0.25) is 0 Å². The van der Waals surface area contributed by atoms with Gasteiger partial charge in [-0.2, -0.15) is 0 Å². The molecular weight excluding hydrogens is 282 g/mol. The number of rotatable bonds is 2. The smallest absolute Gasteiger partial charge is 0.0947 e. The van der Waals surface area contributed by atoms with Gasteiger partial charge >= 0.3 is 0 Å². The van der Waals surface area contributed by atoms with Crippen molar-refractivity contribution >= 4 is 47.5 Å². The SMILES string of the molecule is [B]P(c1cccc2ccccc12)c1cccc2ccccc12. The molecule has 2 radical (unpaired) electrons. The van der Waals surface area contributed by atoms with Gasteiger partial charge in [-0.3, -0.25) is 0 Å². The molecule has 0 aliphatic carbocycles. The highest BCUT2D eigenvalue weighted by atomic mass is 31.1. The lowest BCUT2D eigenvalue weighted by Crippen LogP contribution is -2.13. The molecule has 4 aromatic carbocycles. The third-order valence-electron chi connectivity index (χ3n) is 4.05. The lowest BCUT2D eigenvalue weighted by atomic mass is 10.1. The van der Waals surface area contributed by atoms with Crippen LogP contribution in [0.25, 0.3) is 21.5 Å². The van der Waals surface area contributed by atoms with Crippen LogP contribution in [0.2, 0.25) is 0 Å². The number of benzene rings is 4. The summed E-state index contributed by atoms with van der Waals surface area (Å²) < 4.78 is 0. The fourth-order valence-electron chi connectivity index (χ4n) is 2.97. The molecule has 0 N–H and O–H groups in total. The summed E-state index contributed by atoms with van der Waals surface area (Å²) in [6.07, 6.45) is 0. The number of hydrogen-bond acceptors (Lipinski definition) is 0. The van der Waals surface area contributed by atoms with Gasteiger partial charge < -0.3 is 0 Å². The summed E-state index contributed by atoms with van der Waals surface area (Å²) in [7, 11) is 5.84. The quantitative estimate of drug-likeness (QED) is 0.377. The number of fused-ring (bicyclic) bond motifs is 2. The highest BCUT2D eigenvalue weighted by Crippen LogP contribution is 2.33. The maximum Gasteiger partial charge on any atom is 0.121 e. The van der Waals surface area contributed by atoms with E-state index in [1.165, 1.54) is 32.2 Å². The van der Waals surface area contributed by atoms with Gasteiger partial charge in [0.05, 0.1) is 0 Å². The summed E-state index contributed by atoms with van der Waals surface area (Å²) in [5.74, 6) is 0. The second kappa shape index (κ2) is 5.59. The average Bonchev–Trinajstić information content (AvgIpc) is 2.60. The zero-order valence-electron chi connectivity index (χ0n) is 12.1. The van der Waals surface area contributed by atoms with Gasteiger partial charge in [-0.25, -0.2) is 0 Å². The minimum Gasteiger partial charge on any atom is -0.0947 e. The zero-order valence-corrected chi connectivity index (χ0v) is 13.0. The Balaban J connectivity index is 1.94. The third-order valence-corrected chi connectivity index (χ3v) is 5.87. The van der Waals surface area contributed by atoms with Crippen molar-refractivity contribution in [2.24, 2.45) is 0 Å². The summed E-state index contributed by atoms with van der Waals surface area (Å²) in [5, 5.41) is 7.49. The van der Waals surface area contributed by atoms with E-state index < -0.39 is 7.80 Å². The molecule has 0 spiro atoms. The molecule has 0 atom stereocenters. The third kappa shape index (κ3) is 2.23. The molecule has 0 aromatic heterocycles. The molecule has 0 bridgehead atoms. The van der Waals surface area contributed by atoms with Crippen LogP contribution < -0.4 is 10.6 Å². The van der Waals surface area contributed by atoms with E-state index in [1.54, 1.807) is 0 Å². The molecule has 0 amide bonds. The van der Waals surface area contributed by atoms with E-state index in [1.807, 2.05) is 0 Å². The lowest BCUT2D eigenvalue weighted by Gasteiger charge is -2.18. The van der Waals surface area contributed by atoms with Gasteiger partial charge in [-0.1, -0.05) is 92.7 Å². The van der Waals surface area contributed by atoms with Crippen LogP contribution in [0, 0.1) is 0 Å². The van der Waals surface area contributed by atoms with Gasteiger partial charge in [0.15, 0.2) is 0 Å². The summed E-state index contributed by atoms with van der Waals surface area (Å²) in [6, 6.07) is 29.7. The number of hydrogen-bond donors (Lipinski definition) is 0. The van der Waals surface area contributed by atoms with E-state index >= 15 is 0 Å². The van der Waals surface area contributed by atoms with E-state index in [4.69, 9.17) is 7.57 Å². The topological polar surface area (TPSA) is 0 Å². The lowest BCUT2D eigenvalue weighted by molar-refractivity contribution is 1.77. The van der Waals surface area contributed by atoms with E-state index in [0.717, 1.165) is 0 Å². The van der Waals surface area contributed by atoms with Crippen molar-refractivity contribution < 1.29 is 0 Å². The molecule has 0 aliphatic rings. The van der Waals surface area contributed by atoms with Crippen LogP contribution in [-0.4, -0.2) is 7.57 Å². The normalized spacial score (nSPS) is 11.3. The van der Waals surface area contributed by atoms with Gasteiger partial charge in [0, 0.05) is 0 Å². The van der Waals surface area contributed by atoms with E-state index in [0.29, 0.717) is 0 Å². The second-order valence-corrected chi connectivity index (χ2v) is 7.07. The highest BCUT2D eigenvalue weighted by molar-refractivity contribution is 7.94. The second-order valence-electron chi connectivity index (χ2n) is 5.37. The molecule has 2 heteroatoms. The molecule has 0 saturated heterocycles. The Hall–Kier alpha value is -2.11. The standard InChI is InChI=1S/C20H14BP/c21-22(19-13-5-9-15-7-1-3-11-17(15)19)20-14-6-10-16-8-2-4-12-18(16)20/h1-14H. The summed E-state index contributed by atoms with van der Waals surface area (Å²) in [4.78, 5) is 0. The molecule has 0 unspecified atom stereocenters. The molecular formula is C20H14BP. The largest absolute Gasteiger partial charge is 0.121 e. The van der Waals surface area contributed by atoms with Gasteiger partial charge in [0.25, 0.3) is 0 Å². The molecule has 102 valence electrons. The predicted molar refractivity (Wildman–Crippen MR) is 99.8 cm³/mol. The van der Waals surface area contributed by atoms with E-state index in [2.05, 4.69) is 84.9 Å². The molecule has 22 heavy (non-hydrogen) atoms. The summed E-state index contributed by atoms with van der Waals surface area (Å²) >= 11 is 0. The van der Waals surface area contributed by atoms with Crippen LogP contribution in [-0.2, 0) is 0 Å². The van der Waals surface area contributed by atoms with Crippen LogP contribution >= 0.6 is 7.80 Å². The van der Waals surface area contributed by atoms with Crippen molar-refractivity contribution in [3.05, 3.63) is 84.9 Å². The van der Waals surface area contributed by atoms with Crippen molar-refractivity contribution in [2.75, 3.05) is 0 Å². The van der Waals surface area contributed by atoms with E-state index in [9.17, 15) is 0 Å². The summed E-state index contributed by atoms with van der Waals surface area (Å²) in [5.41, 5.74) is 0. The van der Waals surface area contributed by atoms with Crippen LogP contribution in [0.1, 0.15) is 0 Å². The van der Waals surface area contributed by atoms with Crippen LogP contribution in [0.4, 0.5) is 0 Å². The molecule has 4 aromatic rings. The molecule has 0 saturated carbocycles. The highest BCUT2D eigenvalue weighted by Gasteiger charge is 2.12. The van der Waals surface area contributed by atoms with Crippen molar-refractivity contribution in [3.8, 4) is 0 Å². The fourth-order valence-corrected chi connectivity index (χ4v) is 4.65. The Morgan fingerprint density at radius 1 is 0.500 bits per heavy atom. The Morgan fingerprint density at radius 2 is 0.909 bits per heavy atom. The van der Waals surface area contributed by atoms with Gasteiger partial charge in [-0.15, -0.1) is 0 Å². The molecule has 0 nitrogen and oxygen atoms in total. The Morgan fingerprint density at radius 3 is 1.41 bits per heavy atom. The molecule has 0 fully saturated rings. The fraction of sp³-hybridized carbons (Fsp3) is 0. The first-order valence-electron chi connectivity index (χ1n) is 7.35. The first kappa shape index (κ1) is 13.6. The van der Waals surface area contributed by atoms with Gasteiger partial charge in [-0.05, 0) is 32.2 Å². The van der Waals surface area contributed by atoms with Crippen molar-refractivity contribution in [2.45, 2.75) is 0 Å². The minimum atomic E-state index is -0.870. The van der Waals surface area contributed by atoms with Crippen molar-refractivity contribution in [1.29, 1.82) is 0 Å². The van der Waals surface area contributed by atoms with Crippen LogP contribution in [0.15, 0.2) is 84.9 Å². The van der Waals surface area contributed by atoms with E-state index in [-0.39, 0.29) is 0 Å². The summed E-state index contributed by atoms with van der Waals surface area (Å²) in [6.45, 7) is 0. The zero-order chi connectivity index (χ0) is 14.9. The first-order valence-corrected chi connectivity index (χ1v) is 8.76. The Labute approximate surface area is 132 Å². The first-order chi connectivity index (χ1) is 10.8. The van der Waals surface area contributed by atoms with Crippen LogP contribution in [0.3, 0.4) is 0 Å². The average molecular weight is 296 g/mol. The van der Waals surface area contributed by atoms with Crippen molar-refractivity contribution in [1.82, 2.24) is 0 Å². The van der Waals surface area contributed by atoms with Gasteiger partial charge in [0.1, 0.15) is 7.57 Å². The maximum absolute atomic E-state index is 6.71. The molecule has 4 rings (SSSR count). The Bertz CT molecular complexity index is 872. The van der Waals surface area contributed by atoms with Crippen molar-refractivity contribution in [3.63, 3.8) is 0 Å². The Kier molecular flexibility index (Phi) is 3.44. The molecule has 0 heterocycles. The van der Waals surface area contributed by atoms with Crippen LogP contribution in [0.5, 0.6) is 0 Å². The monoisotopic (exact) mass is 296 g/mol. The molecule has 0 aliphatic heterocycles.